The van der Waals surface area contributed by atoms with Crippen LogP contribution >= 0.6 is 0 Å². The van der Waals surface area contributed by atoms with Gasteiger partial charge in [0.15, 0.2) is 5.82 Å². The smallest absolute Gasteiger partial charge is 0.232 e. The number of piperidine rings is 2. The van der Waals surface area contributed by atoms with Crippen LogP contribution in [0, 0.1) is 11.8 Å². The Labute approximate surface area is 165 Å². The highest BCUT2D eigenvalue weighted by atomic mass is 16.5. The first-order valence-electron chi connectivity index (χ1n) is 10.2. The molecule has 0 spiro atoms. The van der Waals surface area contributed by atoms with E-state index in [-0.39, 0.29) is 0 Å². The van der Waals surface area contributed by atoms with E-state index in [4.69, 9.17) is 9.72 Å². The molecule has 4 heterocycles. The van der Waals surface area contributed by atoms with E-state index in [1.54, 1.807) is 19.5 Å². The molecular formula is C22H27N5O. The normalized spacial score (nSPS) is 29.8. The maximum atomic E-state index is 5.18. The molecule has 0 aliphatic carbocycles. The number of methoxy groups -OCH3 is 1. The fourth-order valence-corrected chi connectivity index (χ4v) is 5.14. The fourth-order valence-electron chi connectivity index (χ4n) is 5.14. The number of rotatable bonds is 3. The maximum absolute atomic E-state index is 5.18. The number of fused-ring (bicyclic) bond motifs is 3. The van der Waals surface area contributed by atoms with Crippen molar-refractivity contribution in [3.8, 4) is 17.4 Å². The van der Waals surface area contributed by atoms with Crippen LogP contribution in [0.5, 0.6) is 5.88 Å². The van der Waals surface area contributed by atoms with E-state index in [2.05, 4.69) is 51.9 Å². The third-order valence-corrected chi connectivity index (χ3v) is 6.62. The molecule has 146 valence electrons. The molecule has 2 aliphatic rings. The maximum Gasteiger partial charge on any atom is 0.232 e. The molecule has 2 aliphatic heterocycles. The van der Waals surface area contributed by atoms with E-state index < -0.39 is 0 Å². The minimum atomic E-state index is 0.410. The number of hydrogen-bond donors (Lipinski definition) is 1. The zero-order valence-electron chi connectivity index (χ0n) is 16.7. The second-order valence-corrected chi connectivity index (χ2v) is 8.43. The average Bonchev–Trinajstić information content (AvgIpc) is 3.12. The molecule has 0 radical (unpaired) electrons. The Morgan fingerprint density at radius 3 is 2.43 bits per heavy atom. The zero-order chi connectivity index (χ0) is 19.3. The topological polar surface area (TPSA) is 64.9 Å². The van der Waals surface area contributed by atoms with Crippen LogP contribution in [0.3, 0.4) is 0 Å². The van der Waals surface area contributed by atoms with Gasteiger partial charge in [-0.1, -0.05) is 26.0 Å². The van der Waals surface area contributed by atoms with Crippen molar-refractivity contribution in [2.45, 2.75) is 51.2 Å². The SMILES string of the molecule is COc1cnc(-c2nc3ccccc3n2C2CC3NC(C2)C(C)CC3C)cn1. The Morgan fingerprint density at radius 2 is 1.75 bits per heavy atom. The van der Waals surface area contributed by atoms with Crippen molar-refractivity contribution >= 4 is 11.0 Å². The van der Waals surface area contributed by atoms with Gasteiger partial charge in [-0.2, -0.15) is 0 Å². The lowest BCUT2D eigenvalue weighted by Crippen LogP contribution is -2.56. The van der Waals surface area contributed by atoms with Gasteiger partial charge in [-0.05, 0) is 43.2 Å². The standard InChI is InChI=1S/C22H27N5O/c1-13-8-14(2)18-10-15(9-17(13)25-18)27-20-7-5-4-6-16(20)26-22(27)19-11-24-21(28-3)12-23-19/h4-7,11-15,17-18,25H,8-10H2,1-3H3. The van der Waals surface area contributed by atoms with E-state index in [0.29, 0.717) is 35.8 Å². The van der Waals surface area contributed by atoms with Crippen molar-refractivity contribution in [3.63, 3.8) is 0 Å². The molecule has 2 bridgehead atoms. The van der Waals surface area contributed by atoms with Crippen LogP contribution in [0.2, 0.25) is 0 Å². The average molecular weight is 377 g/mol. The lowest BCUT2D eigenvalue weighted by atomic mass is 9.73. The number of nitrogens with one attached hydrogen (secondary N) is 1. The Hall–Kier alpha value is -2.47. The summed E-state index contributed by atoms with van der Waals surface area (Å²) in [5, 5.41) is 3.89. The summed E-state index contributed by atoms with van der Waals surface area (Å²) in [6, 6.07) is 9.94. The Morgan fingerprint density at radius 1 is 1.00 bits per heavy atom. The largest absolute Gasteiger partial charge is 0.480 e. The molecule has 4 atom stereocenters. The van der Waals surface area contributed by atoms with Crippen LogP contribution in [0.25, 0.3) is 22.6 Å². The fraction of sp³-hybridized carbons (Fsp3) is 0.500. The molecule has 0 saturated carbocycles. The Kier molecular flexibility index (Phi) is 4.31. The summed E-state index contributed by atoms with van der Waals surface area (Å²) in [6.45, 7) is 4.77. The van der Waals surface area contributed by atoms with E-state index in [9.17, 15) is 0 Å². The molecule has 2 fully saturated rings. The van der Waals surface area contributed by atoms with Gasteiger partial charge in [0.1, 0.15) is 5.69 Å². The summed E-state index contributed by atoms with van der Waals surface area (Å²) in [4.78, 5) is 13.9. The van der Waals surface area contributed by atoms with E-state index in [1.807, 2.05) is 6.07 Å². The molecule has 4 unspecified atom stereocenters. The first-order valence-corrected chi connectivity index (χ1v) is 10.2. The highest BCUT2D eigenvalue weighted by molar-refractivity contribution is 5.80. The minimum absolute atomic E-state index is 0.410. The number of aromatic nitrogens is 4. The van der Waals surface area contributed by atoms with Crippen LogP contribution in [-0.4, -0.2) is 38.7 Å². The number of para-hydroxylation sites is 2. The van der Waals surface area contributed by atoms with Crippen molar-refractivity contribution in [2.24, 2.45) is 11.8 Å². The van der Waals surface area contributed by atoms with Gasteiger partial charge in [0.05, 0.1) is 30.5 Å². The molecule has 2 aromatic heterocycles. The highest BCUT2D eigenvalue weighted by Gasteiger charge is 2.40. The summed E-state index contributed by atoms with van der Waals surface area (Å²) in [5.41, 5.74) is 2.99. The highest BCUT2D eigenvalue weighted by Crippen LogP contribution is 2.41. The second-order valence-electron chi connectivity index (χ2n) is 8.43. The first-order chi connectivity index (χ1) is 13.6. The molecular weight excluding hydrogens is 350 g/mol. The van der Waals surface area contributed by atoms with Crippen molar-refractivity contribution in [1.82, 2.24) is 24.8 Å². The molecule has 1 N–H and O–H groups in total. The molecule has 6 nitrogen and oxygen atoms in total. The predicted molar refractivity (Wildman–Crippen MR) is 109 cm³/mol. The number of hydrogen-bond acceptors (Lipinski definition) is 5. The molecule has 3 aromatic rings. The number of imidazole rings is 1. The second kappa shape index (κ2) is 6.85. The van der Waals surface area contributed by atoms with Crippen molar-refractivity contribution in [1.29, 1.82) is 0 Å². The van der Waals surface area contributed by atoms with Gasteiger partial charge < -0.3 is 14.6 Å². The van der Waals surface area contributed by atoms with E-state index in [0.717, 1.165) is 29.9 Å². The molecule has 28 heavy (non-hydrogen) atoms. The lowest BCUT2D eigenvalue weighted by molar-refractivity contribution is 0.103. The van der Waals surface area contributed by atoms with E-state index in [1.165, 1.54) is 11.9 Å². The van der Waals surface area contributed by atoms with Crippen LogP contribution < -0.4 is 10.1 Å². The molecule has 2 saturated heterocycles. The van der Waals surface area contributed by atoms with Crippen molar-refractivity contribution < 1.29 is 4.74 Å². The van der Waals surface area contributed by atoms with Crippen molar-refractivity contribution in [3.05, 3.63) is 36.7 Å². The summed E-state index contributed by atoms with van der Waals surface area (Å²) in [5.74, 6) is 2.83. The van der Waals surface area contributed by atoms with Crippen LogP contribution in [-0.2, 0) is 0 Å². The van der Waals surface area contributed by atoms with Gasteiger partial charge in [-0.15, -0.1) is 0 Å². The molecule has 5 rings (SSSR count). The first kappa shape index (κ1) is 17.6. The summed E-state index contributed by atoms with van der Waals surface area (Å²) >= 11 is 0. The van der Waals surface area contributed by atoms with Crippen LogP contribution in [0.1, 0.15) is 39.2 Å². The molecule has 6 heteroatoms. The summed E-state index contributed by atoms with van der Waals surface area (Å²) in [7, 11) is 1.61. The van der Waals surface area contributed by atoms with Gasteiger partial charge in [0, 0.05) is 18.1 Å². The molecule has 0 amide bonds. The summed E-state index contributed by atoms with van der Waals surface area (Å²) in [6.07, 6.45) is 7.00. The predicted octanol–water partition coefficient (Wildman–Crippen LogP) is 3.84. The number of nitrogens with zero attached hydrogens (tertiary/aromatic N) is 4. The van der Waals surface area contributed by atoms with Gasteiger partial charge in [0.2, 0.25) is 5.88 Å². The van der Waals surface area contributed by atoms with Gasteiger partial charge in [0.25, 0.3) is 0 Å². The zero-order valence-corrected chi connectivity index (χ0v) is 16.7. The minimum Gasteiger partial charge on any atom is -0.480 e. The quantitative estimate of drug-likeness (QED) is 0.751. The third kappa shape index (κ3) is 2.87. The van der Waals surface area contributed by atoms with Gasteiger partial charge in [-0.25, -0.2) is 15.0 Å². The van der Waals surface area contributed by atoms with Crippen LogP contribution in [0.15, 0.2) is 36.7 Å². The monoisotopic (exact) mass is 377 g/mol. The molecule has 1 aromatic carbocycles. The number of ether oxygens (including phenoxy) is 1. The summed E-state index contributed by atoms with van der Waals surface area (Å²) < 4.78 is 7.59. The Bertz CT molecular complexity index is 966. The van der Waals surface area contributed by atoms with Gasteiger partial charge >= 0.3 is 0 Å². The third-order valence-electron chi connectivity index (χ3n) is 6.62. The van der Waals surface area contributed by atoms with Gasteiger partial charge in [-0.3, -0.25) is 0 Å². The Balaban J connectivity index is 1.61. The van der Waals surface area contributed by atoms with E-state index >= 15 is 0 Å². The number of benzene rings is 1. The van der Waals surface area contributed by atoms with Crippen molar-refractivity contribution in [2.75, 3.05) is 7.11 Å². The lowest BCUT2D eigenvalue weighted by Gasteiger charge is -2.47. The van der Waals surface area contributed by atoms with Crippen LogP contribution in [0.4, 0.5) is 0 Å².